The maximum atomic E-state index is 12.5. The van der Waals surface area contributed by atoms with Gasteiger partial charge in [-0.05, 0) is 49.4 Å². The Hall–Kier alpha value is -4.40. The molecule has 0 radical (unpaired) electrons. The molecule has 0 saturated heterocycles. The van der Waals surface area contributed by atoms with Gasteiger partial charge in [-0.2, -0.15) is 5.10 Å². The molecule has 2 heterocycles. The molecule has 162 valence electrons. The van der Waals surface area contributed by atoms with Crippen molar-refractivity contribution in [3.63, 3.8) is 0 Å². The van der Waals surface area contributed by atoms with Crippen molar-refractivity contribution < 1.29 is 23.5 Å². The van der Waals surface area contributed by atoms with Crippen molar-refractivity contribution in [3.8, 4) is 5.69 Å². The SMILES string of the molecule is CCOC(=O)Nc1ccc2c(COC(=O)c3ccc(-n4cccn4)cc3)cc(=O)oc2c1. The zero-order valence-corrected chi connectivity index (χ0v) is 17.1. The smallest absolute Gasteiger partial charge is 0.411 e. The first-order valence-corrected chi connectivity index (χ1v) is 9.81. The third kappa shape index (κ3) is 4.67. The number of rotatable bonds is 6. The molecule has 0 aliphatic rings. The molecule has 1 N–H and O–H groups in total. The van der Waals surface area contributed by atoms with Gasteiger partial charge in [0.25, 0.3) is 0 Å². The fourth-order valence-electron chi connectivity index (χ4n) is 3.11. The summed E-state index contributed by atoms with van der Waals surface area (Å²) in [5, 5.41) is 7.27. The number of nitrogens with zero attached hydrogens (tertiary/aromatic N) is 2. The molecule has 1 amide bonds. The number of amides is 1. The molecule has 0 saturated carbocycles. The van der Waals surface area contributed by atoms with Gasteiger partial charge in [-0.1, -0.05) is 0 Å². The second kappa shape index (κ2) is 9.17. The van der Waals surface area contributed by atoms with E-state index in [0.29, 0.717) is 22.2 Å². The van der Waals surface area contributed by atoms with E-state index in [2.05, 4.69) is 10.4 Å². The van der Waals surface area contributed by atoms with Gasteiger partial charge in [0.1, 0.15) is 12.2 Å². The number of nitrogens with one attached hydrogen (secondary N) is 1. The number of esters is 1. The van der Waals surface area contributed by atoms with Crippen molar-refractivity contribution in [3.05, 3.63) is 88.5 Å². The second-order valence-corrected chi connectivity index (χ2v) is 6.72. The first-order chi connectivity index (χ1) is 15.5. The summed E-state index contributed by atoms with van der Waals surface area (Å²) in [4.78, 5) is 36.0. The zero-order valence-electron chi connectivity index (χ0n) is 17.1. The summed E-state index contributed by atoms with van der Waals surface area (Å²) < 4.78 is 17.1. The highest BCUT2D eigenvalue weighted by Gasteiger charge is 2.12. The molecule has 4 rings (SSSR count). The molecule has 0 fully saturated rings. The van der Waals surface area contributed by atoms with Gasteiger partial charge < -0.3 is 13.9 Å². The number of carbonyl (C=O) groups excluding carboxylic acids is 2. The van der Waals surface area contributed by atoms with Crippen molar-refractivity contribution in [2.75, 3.05) is 11.9 Å². The lowest BCUT2D eigenvalue weighted by Crippen LogP contribution is -2.13. The van der Waals surface area contributed by atoms with Crippen LogP contribution in [0.4, 0.5) is 10.5 Å². The Morgan fingerprint density at radius 1 is 1.09 bits per heavy atom. The molecule has 0 unspecified atom stereocenters. The average Bonchev–Trinajstić information content (AvgIpc) is 3.32. The predicted octanol–water partition coefficient (Wildman–Crippen LogP) is 3.90. The molecule has 0 bridgehead atoms. The predicted molar refractivity (Wildman–Crippen MR) is 116 cm³/mol. The van der Waals surface area contributed by atoms with E-state index in [1.807, 2.05) is 0 Å². The van der Waals surface area contributed by atoms with Crippen molar-refractivity contribution in [2.45, 2.75) is 13.5 Å². The highest BCUT2D eigenvalue weighted by atomic mass is 16.5. The third-order valence-electron chi connectivity index (χ3n) is 4.58. The van der Waals surface area contributed by atoms with Crippen molar-refractivity contribution >= 4 is 28.7 Å². The Balaban J connectivity index is 1.49. The number of hydrogen-bond donors (Lipinski definition) is 1. The Morgan fingerprint density at radius 2 is 1.91 bits per heavy atom. The number of fused-ring (bicyclic) bond motifs is 1. The Bertz CT molecular complexity index is 1310. The van der Waals surface area contributed by atoms with E-state index in [1.165, 1.54) is 12.1 Å². The summed E-state index contributed by atoms with van der Waals surface area (Å²) in [6.07, 6.45) is 2.85. The minimum absolute atomic E-state index is 0.119. The van der Waals surface area contributed by atoms with Gasteiger partial charge in [0, 0.05) is 41.2 Å². The van der Waals surface area contributed by atoms with E-state index in [0.717, 1.165) is 5.69 Å². The molecule has 0 aliphatic heterocycles. The monoisotopic (exact) mass is 433 g/mol. The van der Waals surface area contributed by atoms with Crippen LogP contribution in [0, 0.1) is 0 Å². The van der Waals surface area contributed by atoms with Crippen LogP contribution in [0.5, 0.6) is 0 Å². The molecule has 0 spiro atoms. The summed E-state index contributed by atoms with van der Waals surface area (Å²) in [6, 6.07) is 14.7. The number of aromatic nitrogens is 2. The summed E-state index contributed by atoms with van der Waals surface area (Å²) in [7, 11) is 0. The standard InChI is InChI=1S/C23H19N3O6/c1-2-30-23(29)25-17-6-9-19-16(12-21(27)32-20(19)13-17)14-31-22(28)15-4-7-18(8-5-15)26-11-3-10-24-26/h3-13H,2,14H2,1H3,(H,25,29). The molecule has 9 heteroatoms. The van der Waals surface area contributed by atoms with E-state index >= 15 is 0 Å². The summed E-state index contributed by atoms with van der Waals surface area (Å²) in [5.41, 5.74) is 1.73. The van der Waals surface area contributed by atoms with Crippen molar-refractivity contribution in [2.24, 2.45) is 0 Å². The topological polar surface area (TPSA) is 113 Å². The lowest BCUT2D eigenvalue weighted by Gasteiger charge is -2.09. The van der Waals surface area contributed by atoms with Crippen LogP contribution in [0.1, 0.15) is 22.8 Å². The van der Waals surface area contributed by atoms with E-state index in [-0.39, 0.29) is 18.8 Å². The highest BCUT2D eigenvalue weighted by Crippen LogP contribution is 2.22. The van der Waals surface area contributed by atoms with E-state index in [4.69, 9.17) is 13.9 Å². The van der Waals surface area contributed by atoms with Gasteiger partial charge in [-0.25, -0.2) is 19.1 Å². The first-order valence-electron chi connectivity index (χ1n) is 9.81. The minimum atomic E-state index is -0.613. The third-order valence-corrected chi connectivity index (χ3v) is 4.58. The van der Waals surface area contributed by atoms with Gasteiger partial charge in [0.15, 0.2) is 0 Å². The maximum absolute atomic E-state index is 12.5. The normalized spacial score (nSPS) is 10.7. The van der Waals surface area contributed by atoms with Crippen LogP contribution in [0.15, 0.2) is 76.2 Å². The quantitative estimate of drug-likeness (QED) is 0.362. The van der Waals surface area contributed by atoms with E-state index in [1.54, 1.807) is 66.5 Å². The van der Waals surface area contributed by atoms with E-state index < -0.39 is 17.7 Å². The minimum Gasteiger partial charge on any atom is -0.457 e. The van der Waals surface area contributed by atoms with Gasteiger partial charge in [0.2, 0.25) is 0 Å². The molecular weight excluding hydrogens is 414 g/mol. The fourth-order valence-corrected chi connectivity index (χ4v) is 3.11. The number of carbonyl (C=O) groups is 2. The summed E-state index contributed by atoms with van der Waals surface area (Å²) in [6.45, 7) is 1.81. The Labute approximate surface area is 182 Å². The van der Waals surface area contributed by atoms with Gasteiger partial charge in [-0.3, -0.25) is 5.32 Å². The lowest BCUT2D eigenvalue weighted by atomic mass is 10.1. The average molecular weight is 433 g/mol. The van der Waals surface area contributed by atoms with Crippen LogP contribution in [0.25, 0.3) is 16.7 Å². The van der Waals surface area contributed by atoms with E-state index in [9.17, 15) is 14.4 Å². The zero-order chi connectivity index (χ0) is 22.5. The lowest BCUT2D eigenvalue weighted by molar-refractivity contribution is 0.0473. The van der Waals surface area contributed by atoms with Crippen LogP contribution in [0.2, 0.25) is 0 Å². The number of ether oxygens (including phenoxy) is 2. The first kappa shape index (κ1) is 20.9. The van der Waals surface area contributed by atoms with Crippen LogP contribution >= 0.6 is 0 Å². The largest absolute Gasteiger partial charge is 0.457 e. The fraction of sp³-hybridized carbons (Fsp3) is 0.130. The summed E-state index contributed by atoms with van der Waals surface area (Å²) >= 11 is 0. The maximum Gasteiger partial charge on any atom is 0.411 e. The van der Waals surface area contributed by atoms with Gasteiger partial charge in [-0.15, -0.1) is 0 Å². The molecule has 4 aromatic rings. The molecule has 0 aliphatic carbocycles. The van der Waals surface area contributed by atoms with Crippen molar-refractivity contribution in [1.29, 1.82) is 0 Å². The molecule has 2 aromatic heterocycles. The number of anilines is 1. The number of hydrogen-bond acceptors (Lipinski definition) is 7. The molecular formula is C23H19N3O6. The number of benzene rings is 2. The van der Waals surface area contributed by atoms with Crippen LogP contribution in [-0.4, -0.2) is 28.4 Å². The molecule has 2 aromatic carbocycles. The van der Waals surface area contributed by atoms with Crippen molar-refractivity contribution in [1.82, 2.24) is 9.78 Å². The molecule has 0 atom stereocenters. The Kier molecular flexibility index (Phi) is 5.98. The van der Waals surface area contributed by atoms with Gasteiger partial charge >= 0.3 is 17.7 Å². The summed E-state index contributed by atoms with van der Waals surface area (Å²) in [5.74, 6) is -0.529. The van der Waals surface area contributed by atoms with Crippen LogP contribution < -0.4 is 10.9 Å². The molecule has 9 nitrogen and oxygen atoms in total. The van der Waals surface area contributed by atoms with Crippen LogP contribution in [-0.2, 0) is 16.1 Å². The van der Waals surface area contributed by atoms with Crippen LogP contribution in [0.3, 0.4) is 0 Å². The van der Waals surface area contributed by atoms with Gasteiger partial charge in [0.05, 0.1) is 17.9 Å². The highest BCUT2D eigenvalue weighted by molar-refractivity contribution is 5.91. The Morgan fingerprint density at radius 3 is 2.62 bits per heavy atom. The second-order valence-electron chi connectivity index (χ2n) is 6.72. The molecule has 32 heavy (non-hydrogen) atoms.